The maximum absolute atomic E-state index is 11.1. The first-order valence-corrected chi connectivity index (χ1v) is 4.77. The van der Waals surface area contributed by atoms with Crippen molar-refractivity contribution in [2.75, 3.05) is 19.8 Å². The number of carboxylic acid groups (broad SMARTS) is 1. The molecule has 0 saturated heterocycles. The van der Waals surface area contributed by atoms with Crippen molar-refractivity contribution in [3.8, 4) is 0 Å². The maximum atomic E-state index is 11.1. The summed E-state index contributed by atoms with van der Waals surface area (Å²) in [5, 5.41) is 21.6. The summed E-state index contributed by atoms with van der Waals surface area (Å²) in [6.45, 7) is -0.469. The van der Waals surface area contributed by atoms with Crippen LogP contribution >= 0.6 is 0 Å². The van der Waals surface area contributed by atoms with Gasteiger partial charge in [-0.25, -0.2) is 14.4 Å². The Hall–Kier alpha value is -2.03. The van der Waals surface area contributed by atoms with Crippen molar-refractivity contribution in [1.82, 2.24) is 10.6 Å². The molecule has 0 heterocycles. The minimum absolute atomic E-state index is 0.000235. The zero-order chi connectivity index (χ0) is 13.3. The number of carbonyl (C=O) groups excluding carboxylic acids is 2. The highest BCUT2D eigenvalue weighted by Gasteiger charge is 2.18. The number of amides is 3. The summed E-state index contributed by atoms with van der Waals surface area (Å²) in [5.41, 5.74) is 4.67. The average Bonchev–Trinajstić information content (AvgIpc) is 2.23. The number of aliphatic hydroxyl groups excluding tert-OH is 1. The van der Waals surface area contributed by atoms with Gasteiger partial charge in [0.05, 0.1) is 6.54 Å². The molecule has 0 aliphatic rings. The molecule has 9 heteroatoms. The second kappa shape index (κ2) is 8.16. The Kier molecular flexibility index (Phi) is 7.19. The molecule has 0 aliphatic carbocycles. The van der Waals surface area contributed by atoms with E-state index in [4.69, 9.17) is 10.2 Å². The van der Waals surface area contributed by atoms with Crippen molar-refractivity contribution in [3.05, 3.63) is 0 Å². The topological polar surface area (TPSA) is 151 Å². The van der Waals surface area contributed by atoms with Crippen LogP contribution in [0.3, 0.4) is 0 Å². The molecule has 0 fully saturated rings. The number of hydrogen-bond donors (Lipinski definition) is 5. The number of aliphatic hydroxyl groups is 1. The van der Waals surface area contributed by atoms with Crippen LogP contribution in [-0.2, 0) is 9.53 Å². The molecule has 1 unspecified atom stereocenters. The quantitative estimate of drug-likeness (QED) is 0.336. The summed E-state index contributed by atoms with van der Waals surface area (Å²) in [5.74, 6) is -1.25. The van der Waals surface area contributed by atoms with Crippen LogP contribution in [-0.4, -0.2) is 54.1 Å². The van der Waals surface area contributed by atoms with Gasteiger partial charge in [-0.3, -0.25) is 0 Å². The van der Waals surface area contributed by atoms with Gasteiger partial charge in [0.1, 0.15) is 12.6 Å². The highest BCUT2D eigenvalue weighted by atomic mass is 16.5. The van der Waals surface area contributed by atoms with Gasteiger partial charge < -0.3 is 31.3 Å². The van der Waals surface area contributed by atoms with Gasteiger partial charge in [0.15, 0.2) is 0 Å². The van der Waals surface area contributed by atoms with E-state index in [-0.39, 0.29) is 26.2 Å². The molecule has 0 saturated carbocycles. The molecule has 6 N–H and O–H groups in total. The predicted octanol–water partition coefficient (Wildman–Crippen LogP) is -1.78. The minimum Gasteiger partial charge on any atom is -0.480 e. The zero-order valence-electron chi connectivity index (χ0n) is 9.01. The lowest BCUT2D eigenvalue weighted by Gasteiger charge is -2.13. The second-order valence-corrected chi connectivity index (χ2v) is 2.97. The van der Waals surface area contributed by atoms with Gasteiger partial charge in [0.25, 0.3) is 0 Å². The largest absolute Gasteiger partial charge is 0.480 e. The number of urea groups is 1. The fourth-order valence-corrected chi connectivity index (χ4v) is 0.912. The van der Waals surface area contributed by atoms with E-state index < -0.39 is 24.1 Å². The van der Waals surface area contributed by atoms with Gasteiger partial charge in [0, 0.05) is 13.0 Å². The molecule has 1 atom stereocenters. The third-order valence-corrected chi connectivity index (χ3v) is 1.65. The molecule has 0 rings (SSSR count). The lowest BCUT2D eigenvalue weighted by atomic mass is 10.2. The smallest absolute Gasteiger partial charge is 0.404 e. The summed E-state index contributed by atoms with van der Waals surface area (Å²) >= 11 is 0. The predicted molar refractivity (Wildman–Crippen MR) is 55.2 cm³/mol. The number of hydrogen-bond acceptors (Lipinski definition) is 5. The Morgan fingerprint density at radius 1 is 1.35 bits per heavy atom. The SMILES string of the molecule is NC(=O)OCCNC(=O)NC(CCO)C(=O)O. The van der Waals surface area contributed by atoms with E-state index in [0.717, 1.165) is 0 Å². The second-order valence-electron chi connectivity index (χ2n) is 2.97. The van der Waals surface area contributed by atoms with Gasteiger partial charge in [0.2, 0.25) is 0 Å². The summed E-state index contributed by atoms with van der Waals surface area (Å²) in [6, 6.07) is -1.91. The Labute approximate surface area is 96.9 Å². The van der Waals surface area contributed by atoms with Crippen LogP contribution in [0.5, 0.6) is 0 Å². The standard InChI is InChI=1S/C8H15N3O6/c9-7(15)17-4-2-10-8(16)11-5(1-3-12)6(13)14/h5,12H,1-4H2,(H2,9,15)(H,13,14)(H2,10,11,16). The molecule has 0 bridgehead atoms. The van der Waals surface area contributed by atoms with Crippen LogP contribution in [0.4, 0.5) is 9.59 Å². The van der Waals surface area contributed by atoms with Crippen molar-refractivity contribution in [1.29, 1.82) is 0 Å². The van der Waals surface area contributed by atoms with Crippen molar-refractivity contribution >= 4 is 18.1 Å². The normalized spacial score (nSPS) is 11.4. The first-order chi connectivity index (χ1) is 7.97. The van der Waals surface area contributed by atoms with E-state index in [1.165, 1.54) is 0 Å². The monoisotopic (exact) mass is 249 g/mol. The number of rotatable bonds is 7. The maximum Gasteiger partial charge on any atom is 0.404 e. The molecular formula is C8H15N3O6. The van der Waals surface area contributed by atoms with Crippen molar-refractivity contribution < 1.29 is 29.3 Å². The molecule has 0 radical (unpaired) electrons. The van der Waals surface area contributed by atoms with Crippen molar-refractivity contribution in [3.63, 3.8) is 0 Å². The summed E-state index contributed by atoms with van der Waals surface area (Å²) in [4.78, 5) is 31.9. The van der Waals surface area contributed by atoms with Crippen LogP contribution in [0.25, 0.3) is 0 Å². The van der Waals surface area contributed by atoms with Crippen LogP contribution in [0, 0.1) is 0 Å². The van der Waals surface area contributed by atoms with Gasteiger partial charge in [-0.1, -0.05) is 0 Å². The van der Waals surface area contributed by atoms with Gasteiger partial charge in [-0.2, -0.15) is 0 Å². The van der Waals surface area contributed by atoms with Gasteiger partial charge in [-0.05, 0) is 0 Å². The summed E-state index contributed by atoms with van der Waals surface area (Å²) in [6.07, 6.45) is -1.06. The Morgan fingerprint density at radius 2 is 2.00 bits per heavy atom. The number of ether oxygens (including phenoxy) is 1. The Morgan fingerprint density at radius 3 is 2.47 bits per heavy atom. The zero-order valence-corrected chi connectivity index (χ0v) is 9.01. The Balaban J connectivity index is 3.82. The lowest BCUT2D eigenvalue weighted by Crippen LogP contribution is -2.47. The third kappa shape index (κ3) is 7.85. The average molecular weight is 249 g/mol. The van der Waals surface area contributed by atoms with Crippen molar-refractivity contribution in [2.45, 2.75) is 12.5 Å². The lowest BCUT2D eigenvalue weighted by molar-refractivity contribution is -0.139. The molecular weight excluding hydrogens is 234 g/mol. The molecule has 0 aliphatic heterocycles. The minimum atomic E-state index is -1.25. The molecule has 17 heavy (non-hydrogen) atoms. The fraction of sp³-hybridized carbons (Fsp3) is 0.625. The number of primary amides is 1. The van der Waals surface area contributed by atoms with Crippen LogP contribution in [0.1, 0.15) is 6.42 Å². The highest BCUT2D eigenvalue weighted by molar-refractivity contribution is 5.82. The molecule has 0 aromatic heterocycles. The Bertz CT molecular complexity index is 282. The number of nitrogens with two attached hydrogens (primary N) is 1. The number of carboxylic acids is 1. The van der Waals surface area contributed by atoms with E-state index in [2.05, 4.69) is 21.1 Å². The van der Waals surface area contributed by atoms with E-state index in [0.29, 0.717) is 0 Å². The van der Waals surface area contributed by atoms with Gasteiger partial charge in [-0.15, -0.1) is 0 Å². The first-order valence-electron chi connectivity index (χ1n) is 4.77. The molecule has 0 aromatic rings. The number of aliphatic carboxylic acids is 1. The third-order valence-electron chi connectivity index (χ3n) is 1.65. The van der Waals surface area contributed by atoms with E-state index in [1.807, 2.05) is 0 Å². The molecule has 3 amide bonds. The summed E-state index contributed by atoms with van der Waals surface area (Å²) in [7, 11) is 0. The van der Waals surface area contributed by atoms with E-state index in [9.17, 15) is 14.4 Å². The van der Waals surface area contributed by atoms with E-state index >= 15 is 0 Å². The molecule has 98 valence electrons. The molecule has 0 aromatic carbocycles. The number of nitrogens with one attached hydrogen (secondary N) is 2. The molecule has 9 nitrogen and oxygen atoms in total. The van der Waals surface area contributed by atoms with Gasteiger partial charge >= 0.3 is 18.1 Å². The summed E-state index contributed by atoms with van der Waals surface area (Å²) < 4.78 is 4.33. The highest BCUT2D eigenvalue weighted by Crippen LogP contribution is 1.90. The van der Waals surface area contributed by atoms with E-state index in [1.54, 1.807) is 0 Å². The van der Waals surface area contributed by atoms with Crippen LogP contribution in [0.15, 0.2) is 0 Å². The fourth-order valence-electron chi connectivity index (χ4n) is 0.912. The van der Waals surface area contributed by atoms with Crippen LogP contribution < -0.4 is 16.4 Å². The number of carbonyl (C=O) groups is 3. The molecule has 0 spiro atoms. The van der Waals surface area contributed by atoms with Crippen LogP contribution in [0.2, 0.25) is 0 Å². The van der Waals surface area contributed by atoms with Crippen molar-refractivity contribution in [2.24, 2.45) is 5.73 Å². The first kappa shape index (κ1) is 15.0.